The van der Waals surface area contributed by atoms with Crippen molar-refractivity contribution in [1.82, 2.24) is 0 Å². The Morgan fingerprint density at radius 1 is 1.26 bits per heavy atom. The van der Waals surface area contributed by atoms with Crippen LogP contribution in [-0.4, -0.2) is 42.0 Å². The molecule has 1 atom stereocenters. The van der Waals surface area contributed by atoms with Crippen LogP contribution in [0.1, 0.15) is 25.8 Å². The summed E-state index contributed by atoms with van der Waals surface area (Å²) in [4.78, 5) is 0. The van der Waals surface area contributed by atoms with Crippen molar-refractivity contribution in [3.8, 4) is 5.75 Å². The highest BCUT2D eigenvalue weighted by atomic mass is 16.5. The topological polar surface area (TPSA) is 71.3 Å². The summed E-state index contributed by atoms with van der Waals surface area (Å²) in [5.74, 6) is 0.590. The van der Waals surface area contributed by atoms with E-state index in [1.165, 1.54) is 0 Å². The van der Waals surface area contributed by atoms with Gasteiger partial charge in [-0.15, -0.1) is 0 Å². The zero-order chi connectivity index (χ0) is 14.1. The summed E-state index contributed by atoms with van der Waals surface area (Å²) in [5, 5.41) is 21.9. The van der Waals surface area contributed by atoms with Gasteiger partial charge in [-0.2, -0.15) is 0 Å². The highest BCUT2D eigenvalue weighted by molar-refractivity contribution is 6.02. The minimum Gasteiger partial charge on any atom is -0.490 e. The van der Waals surface area contributed by atoms with Crippen molar-refractivity contribution >= 4 is 5.71 Å². The molecule has 0 radical (unpaired) electrons. The lowest BCUT2D eigenvalue weighted by Gasteiger charge is -2.15. The molecular formula is C14H21NO4. The van der Waals surface area contributed by atoms with Gasteiger partial charge < -0.3 is 19.8 Å². The molecule has 0 saturated heterocycles. The molecular weight excluding hydrogens is 246 g/mol. The van der Waals surface area contributed by atoms with Gasteiger partial charge in [0.2, 0.25) is 0 Å². The SMILES string of the molecule is CCOCC(O)COc1ccccc1C(CC)=NO. The van der Waals surface area contributed by atoms with Gasteiger partial charge in [-0.1, -0.05) is 24.2 Å². The molecule has 106 valence electrons. The largest absolute Gasteiger partial charge is 0.490 e. The van der Waals surface area contributed by atoms with Crippen LogP contribution in [0.2, 0.25) is 0 Å². The predicted octanol–water partition coefficient (Wildman–Crippen LogP) is 2.05. The third kappa shape index (κ3) is 4.89. The third-order valence-electron chi connectivity index (χ3n) is 2.60. The third-order valence-corrected chi connectivity index (χ3v) is 2.60. The van der Waals surface area contributed by atoms with Crippen LogP contribution < -0.4 is 4.74 Å². The highest BCUT2D eigenvalue weighted by Gasteiger charge is 2.11. The molecule has 0 aromatic heterocycles. The maximum absolute atomic E-state index is 9.66. The van der Waals surface area contributed by atoms with Gasteiger partial charge in [-0.05, 0) is 25.5 Å². The maximum atomic E-state index is 9.66. The van der Waals surface area contributed by atoms with Gasteiger partial charge in [-0.25, -0.2) is 0 Å². The number of hydrogen-bond acceptors (Lipinski definition) is 5. The average molecular weight is 267 g/mol. The Hall–Kier alpha value is -1.59. The second-order valence-corrected chi connectivity index (χ2v) is 4.02. The van der Waals surface area contributed by atoms with Gasteiger partial charge in [-0.3, -0.25) is 0 Å². The standard InChI is InChI=1S/C14H21NO4/c1-3-13(15-17)12-7-5-6-8-14(12)19-10-11(16)9-18-4-2/h5-8,11,16-17H,3-4,9-10H2,1-2H3. The van der Waals surface area contributed by atoms with E-state index in [2.05, 4.69) is 5.16 Å². The summed E-state index contributed by atoms with van der Waals surface area (Å²) in [6.45, 7) is 4.71. The molecule has 1 unspecified atom stereocenters. The summed E-state index contributed by atoms with van der Waals surface area (Å²) in [6.07, 6.45) is -0.0811. The predicted molar refractivity (Wildman–Crippen MR) is 73.1 cm³/mol. The molecule has 1 rings (SSSR count). The number of hydrogen-bond donors (Lipinski definition) is 2. The summed E-state index contributed by atoms with van der Waals surface area (Å²) < 4.78 is 10.7. The van der Waals surface area contributed by atoms with E-state index >= 15 is 0 Å². The Bertz CT molecular complexity index is 406. The van der Waals surface area contributed by atoms with E-state index in [1.807, 2.05) is 32.0 Å². The van der Waals surface area contributed by atoms with Crippen LogP contribution in [0, 0.1) is 0 Å². The minimum atomic E-state index is -0.677. The summed E-state index contributed by atoms with van der Waals surface area (Å²) >= 11 is 0. The van der Waals surface area contributed by atoms with Gasteiger partial charge in [0.25, 0.3) is 0 Å². The van der Waals surface area contributed by atoms with E-state index in [9.17, 15) is 5.11 Å². The van der Waals surface area contributed by atoms with E-state index < -0.39 is 6.10 Å². The fraction of sp³-hybridized carbons (Fsp3) is 0.500. The minimum absolute atomic E-state index is 0.138. The van der Waals surface area contributed by atoms with Crippen LogP contribution in [0.5, 0.6) is 5.75 Å². The van der Waals surface area contributed by atoms with Crippen LogP contribution in [-0.2, 0) is 4.74 Å². The molecule has 0 spiro atoms. The van der Waals surface area contributed by atoms with Gasteiger partial charge >= 0.3 is 0 Å². The Morgan fingerprint density at radius 2 is 2.00 bits per heavy atom. The molecule has 5 nitrogen and oxygen atoms in total. The quantitative estimate of drug-likeness (QED) is 0.429. The molecule has 19 heavy (non-hydrogen) atoms. The number of aliphatic hydroxyl groups excluding tert-OH is 1. The summed E-state index contributed by atoms with van der Waals surface area (Å²) in [7, 11) is 0. The molecule has 2 N–H and O–H groups in total. The fourth-order valence-corrected chi connectivity index (χ4v) is 1.63. The van der Waals surface area contributed by atoms with Gasteiger partial charge in [0.15, 0.2) is 0 Å². The Balaban J connectivity index is 2.68. The van der Waals surface area contributed by atoms with Crippen molar-refractivity contribution in [2.75, 3.05) is 19.8 Å². The van der Waals surface area contributed by atoms with Crippen molar-refractivity contribution < 1.29 is 19.8 Å². The molecule has 1 aromatic carbocycles. The van der Waals surface area contributed by atoms with Crippen LogP contribution in [0.15, 0.2) is 29.4 Å². The smallest absolute Gasteiger partial charge is 0.128 e. The van der Waals surface area contributed by atoms with E-state index in [1.54, 1.807) is 6.07 Å². The van der Waals surface area contributed by atoms with Crippen molar-refractivity contribution in [3.05, 3.63) is 29.8 Å². The maximum Gasteiger partial charge on any atom is 0.128 e. The van der Waals surface area contributed by atoms with Crippen molar-refractivity contribution in [1.29, 1.82) is 0 Å². The van der Waals surface area contributed by atoms with Crippen LogP contribution >= 0.6 is 0 Å². The van der Waals surface area contributed by atoms with Gasteiger partial charge in [0.1, 0.15) is 18.5 Å². The molecule has 1 aromatic rings. The van der Waals surface area contributed by atoms with Crippen molar-refractivity contribution in [2.45, 2.75) is 26.4 Å². The number of ether oxygens (including phenoxy) is 2. The van der Waals surface area contributed by atoms with E-state index in [4.69, 9.17) is 14.7 Å². The van der Waals surface area contributed by atoms with Crippen molar-refractivity contribution in [2.24, 2.45) is 5.16 Å². The monoisotopic (exact) mass is 267 g/mol. The molecule has 0 aliphatic carbocycles. The van der Waals surface area contributed by atoms with Gasteiger partial charge in [0.05, 0.1) is 12.3 Å². The average Bonchev–Trinajstić information content (AvgIpc) is 2.45. The summed E-state index contributed by atoms with van der Waals surface area (Å²) in [5.41, 5.74) is 1.28. The van der Waals surface area contributed by atoms with Gasteiger partial charge in [0, 0.05) is 12.2 Å². The lowest BCUT2D eigenvalue weighted by atomic mass is 10.1. The van der Waals surface area contributed by atoms with Crippen LogP contribution in [0.25, 0.3) is 0 Å². The van der Waals surface area contributed by atoms with E-state index in [-0.39, 0.29) is 13.2 Å². The van der Waals surface area contributed by atoms with E-state index in [0.29, 0.717) is 24.5 Å². The molecule has 0 fully saturated rings. The molecule has 0 saturated carbocycles. The molecule has 5 heteroatoms. The number of nitrogens with zero attached hydrogens (tertiary/aromatic N) is 1. The first-order valence-electron chi connectivity index (χ1n) is 6.41. The lowest BCUT2D eigenvalue weighted by Crippen LogP contribution is -2.24. The Kier molecular flexibility index (Phi) is 6.92. The van der Waals surface area contributed by atoms with Crippen LogP contribution in [0.3, 0.4) is 0 Å². The Labute approximate surface area is 113 Å². The second-order valence-electron chi connectivity index (χ2n) is 4.02. The number of oxime groups is 1. The zero-order valence-electron chi connectivity index (χ0n) is 11.4. The zero-order valence-corrected chi connectivity index (χ0v) is 11.4. The molecule has 0 aliphatic heterocycles. The normalized spacial score (nSPS) is 13.3. The number of benzene rings is 1. The van der Waals surface area contributed by atoms with Crippen molar-refractivity contribution in [3.63, 3.8) is 0 Å². The Morgan fingerprint density at radius 3 is 2.63 bits per heavy atom. The fourth-order valence-electron chi connectivity index (χ4n) is 1.63. The summed E-state index contributed by atoms with van der Waals surface area (Å²) in [6, 6.07) is 7.28. The van der Waals surface area contributed by atoms with Crippen LogP contribution in [0.4, 0.5) is 0 Å². The second kappa shape index (κ2) is 8.50. The molecule has 0 aliphatic rings. The van der Waals surface area contributed by atoms with E-state index in [0.717, 1.165) is 5.56 Å². The molecule has 0 bridgehead atoms. The number of para-hydroxylation sites is 1. The lowest BCUT2D eigenvalue weighted by molar-refractivity contribution is 0.0164. The number of rotatable bonds is 8. The first-order chi connectivity index (χ1) is 9.22. The molecule has 0 heterocycles. The first kappa shape index (κ1) is 15.5. The first-order valence-corrected chi connectivity index (χ1v) is 6.41. The number of aliphatic hydroxyl groups is 1. The highest BCUT2D eigenvalue weighted by Crippen LogP contribution is 2.20. The molecule has 0 amide bonds.